The molecule has 82 valence electrons. The number of carbonyl (C=O) groups excluding carboxylic acids is 3. The van der Waals surface area contributed by atoms with E-state index < -0.39 is 6.04 Å². The van der Waals surface area contributed by atoms with Crippen molar-refractivity contribution in [3.05, 3.63) is 0 Å². The van der Waals surface area contributed by atoms with Gasteiger partial charge in [-0.3, -0.25) is 24.2 Å². The van der Waals surface area contributed by atoms with Crippen LogP contribution in [0.15, 0.2) is 0 Å². The van der Waals surface area contributed by atoms with Crippen LogP contribution in [0.3, 0.4) is 0 Å². The van der Waals surface area contributed by atoms with Gasteiger partial charge < -0.3 is 0 Å². The number of Topliss-reactive ketones (excluding diaryl/α,β-unsaturated/α-hetero) is 1. The highest BCUT2D eigenvalue weighted by molar-refractivity contribution is 8.14. The average molecular weight is 228 g/mol. The van der Waals surface area contributed by atoms with Crippen LogP contribution in [0, 0.1) is 0 Å². The van der Waals surface area contributed by atoms with Crippen molar-refractivity contribution in [2.24, 2.45) is 0 Å². The van der Waals surface area contributed by atoms with Crippen LogP contribution < -0.4 is 0 Å². The first-order chi connectivity index (χ1) is 7.09. The number of imide groups is 1. The van der Waals surface area contributed by atoms with Gasteiger partial charge in [-0.15, -0.1) is 0 Å². The molecule has 0 saturated carbocycles. The molecule has 2 rings (SSSR count). The predicted octanol–water partition coefficient (Wildman–Crippen LogP) is -0.0450. The van der Waals surface area contributed by atoms with E-state index in [0.29, 0.717) is 13.0 Å². The van der Waals surface area contributed by atoms with E-state index in [1.54, 1.807) is 0 Å². The Morgan fingerprint density at radius 3 is 2.60 bits per heavy atom. The van der Waals surface area contributed by atoms with Gasteiger partial charge >= 0.3 is 0 Å². The molecular weight excluding hydrogens is 216 g/mol. The lowest BCUT2D eigenvalue weighted by atomic mass is 10.0. The van der Waals surface area contributed by atoms with E-state index in [1.165, 1.54) is 0 Å². The summed E-state index contributed by atoms with van der Waals surface area (Å²) in [6, 6.07) is -0.517. The van der Waals surface area contributed by atoms with E-state index in [4.69, 9.17) is 0 Å². The van der Waals surface area contributed by atoms with Gasteiger partial charge in [0.2, 0.25) is 5.91 Å². The van der Waals surface area contributed by atoms with Crippen molar-refractivity contribution in [3.8, 4) is 0 Å². The van der Waals surface area contributed by atoms with Crippen molar-refractivity contribution in [2.75, 3.05) is 25.9 Å². The van der Waals surface area contributed by atoms with Crippen molar-refractivity contribution >= 4 is 28.7 Å². The summed E-state index contributed by atoms with van der Waals surface area (Å²) in [5, 5.41) is -0.275. The molecule has 2 saturated heterocycles. The average Bonchev–Trinajstić information content (AvgIpc) is 2.48. The van der Waals surface area contributed by atoms with Crippen molar-refractivity contribution < 1.29 is 14.4 Å². The summed E-state index contributed by atoms with van der Waals surface area (Å²) >= 11 is 0.982. The lowest BCUT2D eigenvalue weighted by Gasteiger charge is -2.31. The number of hydrogen-bond acceptors (Lipinski definition) is 5. The van der Waals surface area contributed by atoms with Gasteiger partial charge in [-0.1, -0.05) is 11.8 Å². The van der Waals surface area contributed by atoms with Crippen LogP contribution in [0.5, 0.6) is 0 Å². The number of rotatable bonds is 1. The lowest BCUT2D eigenvalue weighted by Crippen LogP contribution is -2.52. The molecule has 0 radical (unpaired) electrons. The standard InChI is InChI=1S/C9H12N2O3S/c1-10-3-2-6(7(12)4-10)11-8(13)5-15-9(11)14/h6H,2-5H2,1H3. The van der Waals surface area contributed by atoms with Crippen molar-refractivity contribution in [3.63, 3.8) is 0 Å². The molecule has 15 heavy (non-hydrogen) atoms. The summed E-state index contributed by atoms with van der Waals surface area (Å²) in [6.45, 7) is 1.07. The Balaban J connectivity index is 2.13. The number of likely N-dealkylation sites (N-methyl/N-ethyl adjacent to an activating group) is 1. The third kappa shape index (κ3) is 1.91. The van der Waals surface area contributed by atoms with E-state index in [0.717, 1.165) is 23.2 Å². The number of nitrogens with zero attached hydrogens (tertiary/aromatic N) is 2. The number of hydrogen-bond donors (Lipinski definition) is 0. The zero-order chi connectivity index (χ0) is 11.0. The first-order valence-electron chi connectivity index (χ1n) is 4.79. The minimum atomic E-state index is -0.517. The Morgan fingerprint density at radius 1 is 1.33 bits per heavy atom. The molecule has 6 heteroatoms. The Bertz CT molecular complexity index is 315. The number of piperidine rings is 1. The van der Waals surface area contributed by atoms with Crippen LogP contribution in [0.25, 0.3) is 0 Å². The summed E-state index contributed by atoms with van der Waals surface area (Å²) in [5.74, 6) is -0.0841. The largest absolute Gasteiger partial charge is 0.299 e. The summed E-state index contributed by atoms with van der Waals surface area (Å²) in [5.41, 5.74) is 0. The second-order valence-electron chi connectivity index (χ2n) is 3.83. The number of carbonyl (C=O) groups is 3. The van der Waals surface area contributed by atoms with E-state index in [-0.39, 0.29) is 22.7 Å². The highest BCUT2D eigenvalue weighted by Gasteiger charge is 2.40. The SMILES string of the molecule is CN1CCC(N2C(=O)CSC2=O)C(=O)C1. The first kappa shape index (κ1) is 10.6. The Kier molecular flexibility index (Phi) is 2.79. The first-order valence-corrected chi connectivity index (χ1v) is 5.78. The molecule has 2 aliphatic rings. The number of amides is 2. The summed E-state index contributed by atoms with van der Waals surface area (Å²) in [7, 11) is 1.86. The van der Waals surface area contributed by atoms with Gasteiger partial charge in [-0.25, -0.2) is 0 Å². The molecule has 2 aliphatic heterocycles. The fraction of sp³-hybridized carbons (Fsp3) is 0.667. The Hall–Kier alpha value is -0.880. The molecule has 1 atom stereocenters. The van der Waals surface area contributed by atoms with Crippen LogP contribution in [0.4, 0.5) is 4.79 Å². The topological polar surface area (TPSA) is 57.7 Å². The molecule has 0 bridgehead atoms. The molecule has 2 fully saturated rings. The highest BCUT2D eigenvalue weighted by Crippen LogP contribution is 2.24. The second kappa shape index (κ2) is 3.94. The van der Waals surface area contributed by atoms with E-state index in [2.05, 4.69) is 0 Å². The lowest BCUT2D eigenvalue weighted by molar-refractivity contribution is -0.135. The number of thioether (sulfide) groups is 1. The molecule has 0 aromatic carbocycles. The number of likely N-dealkylation sites (tertiary alicyclic amines) is 1. The molecule has 0 N–H and O–H groups in total. The van der Waals surface area contributed by atoms with E-state index >= 15 is 0 Å². The third-order valence-corrected chi connectivity index (χ3v) is 3.51. The van der Waals surface area contributed by atoms with Crippen LogP contribution in [-0.4, -0.2) is 58.7 Å². The fourth-order valence-electron chi connectivity index (χ4n) is 1.89. The van der Waals surface area contributed by atoms with Crippen molar-refractivity contribution in [1.82, 2.24) is 9.80 Å². The minimum Gasteiger partial charge on any atom is -0.299 e. The van der Waals surface area contributed by atoms with Gasteiger partial charge in [0.25, 0.3) is 5.24 Å². The summed E-state index contributed by atoms with van der Waals surface area (Å²) < 4.78 is 0. The Labute approximate surface area is 91.8 Å². The maximum atomic E-state index is 11.7. The molecule has 0 spiro atoms. The van der Waals surface area contributed by atoms with Gasteiger partial charge in [0.15, 0.2) is 5.78 Å². The zero-order valence-corrected chi connectivity index (χ0v) is 9.25. The highest BCUT2D eigenvalue weighted by atomic mass is 32.2. The van der Waals surface area contributed by atoms with Crippen LogP contribution in [-0.2, 0) is 9.59 Å². The fourth-order valence-corrected chi connectivity index (χ4v) is 2.65. The molecule has 0 aromatic heterocycles. The maximum Gasteiger partial charge on any atom is 0.289 e. The van der Waals surface area contributed by atoms with Gasteiger partial charge in [0.1, 0.15) is 6.04 Å². The smallest absolute Gasteiger partial charge is 0.289 e. The molecule has 0 aromatic rings. The van der Waals surface area contributed by atoms with Crippen molar-refractivity contribution in [1.29, 1.82) is 0 Å². The van der Waals surface area contributed by atoms with Gasteiger partial charge in [0, 0.05) is 6.54 Å². The summed E-state index contributed by atoms with van der Waals surface area (Å²) in [6.07, 6.45) is 0.563. The Morgan fingerprint density at radius 2 is 2.07 bits per heavy atom. The van der Waals surface area contributed by atoms with Gasteiger partial charge in [0.05, 0.1) is 12.3 Å². The summed E-state index contributed by atoms with van der Waals surface area (Å²) in [4.78, 5) is 37.6. The molecule has 0 aliphatic carbocycles. The van der Waals surface area contributed by atoms with Gasteiger partial charge in [-0.2, -0.15) is 0 Å². The second-order valence-corrected chi connectivity index (χ2v) is 4.75. The van der Waals surface area contributed by atoms with Crippen LogP contribution >= 0.6 is 11.8 Å². The van der Waals surface area contributed by atoms with Crippen LogP contribution in [0.2, 0.25) is 0 Å². The van der Waals surface area contributed by atoms with E-state index in [9.17, 15) is 14.4 Å². The molecule has 5 nitrogen and oxygen atoms in total. The maximum absolute atomic E-state index is 11.7. The zero-order valence-electron chi connectivity index (χ0n) is 8.43. The molecular formula is C9H12N2O3S. The molecule has 1 unspecified atom stereocenters. The van der Waals surface area contributed by atoms with Crippen molar-refractivity contribution in [2.45, 2.75) is 12.5 Å². The van der Waals surface area contributed by atoms with Gasteiger partial charge in [-0.05, 0) is 13.5 Å². The van der Waals surface area contributed by atoms with E-state index in [1.807, 2.05) is 11.9 Å². The third-order valence-electron chi connectivity index (χ3n) is 2.68. The number of ketones is 1. The minimum absolute atomic E-state index is 0.0343. The quantitative estimate of drug-likeness (QED) is 0.630. The monoisotopic (exact) mass is 228 g/mol. The van der Waals surface area contributed by atoms with Crippen LogP contribution in [0.1, 0.15) is 6.42 Å². The molecule has 2 heterocycles. The normalized spacial score (nSPS) is 29.0. The molecule has 2 amide bonds. The predicted molar refractivity (Wildman–Crippen MR) is 55.6 cm³/mol.